The van der Waals surface area contributed by atoms with E-state index in [1.54, 1.807) is 6.92 Å². The van der Waals surface area contributed by atoms with Crippen molar-refractivity contribution in [1.29, 1.82) is 0 Å². The van der Waals surface area contributed by atoms with Gasteiger partial charge in [0, 0.05) is 6.07 Å². The number of nitrogens with zero attached hydrogens (tertiary/aromatic N) is 2. The van der Waals surface area contributed by atoms with Crippen molar-refractivity contribution in [3.05, 3.63) is 46.9 Å². The summed E-state index contributed by atoms with van der Waals surface area (Å²) in [6.45, 7) is 1.55. The van der Waals surface area contributed by atoms with Crippen LogP contribution in [0.1, 0.15) is 21.6 Å². The van der Waals surface area contributed by atoms with Gasteiger partial charge in [-0.3, -0.25) is 0 Å². The molecule has 1 N–H and O–H groups in total. The maximum absolute atomic E-state index is 13.1. The number of benzene rings is 1. The fourth-order valence-corrected chi connectivity index (χ4v) is 1.54. The molecule has 0 radical (unpaired) electrons. The van der Waals surface area contributed by atoms with Gasteiger partial charge in [0.15, 0.2) is 5.69 Å². The van der Waals surface area contributed by atoms with Crippen LogP contribution in [0.5, 0.6) is 11.6 Å². The second kappa shape index (κ2) is 5.58. The van der Waals surface area contributed by atoms with Crippen molar-refractivity contribution in [3.63, 3.8) is 0 Å². The minimum Gasteiger partial charge on any atom is -0.477 e. The van der Waals surface area contributed by atoms with Gasteiger partial charge in [0.05, 0.1) is 0 Å². The summed E-state index contributed by atoms with van der Waals surface area (Å²) in [5.74, 6) is -3.06. The molecule has 1 aromatic carbocycles. The second-order valence-electron chi connectivity index (χ2n) is 4.26. The van der Waals surface area contributed by atoms with Gasteiger partial charge in [0.25, 0.3) is 5.88 Å². The Bertz CT molecular complexity index is 732. The van der Waals surface area contributed by atoms with Crippen LogP contribution in [0, 0.1) is 12.7 Å². The number of aromatic carboxylic acids is 1. The van der Waals surface area contributed by atoms with Crippen molar-refractivity contribution in [1.82, 2.24) is 10.2 Å². The number of aromatic nitrogens is 2. The Balaban J connectivity index is 2.47. The Morgan fingerprint density at radius 1 is 1.23 bits per heavy atom. The average molecular weight is 316 g/mol. The summed E-state index contributed by atoms with van der Waals surface area (Å²) in [5.41, 5.74) is -1.85. The van der Waals surface area contributed by atoms with Gasteiger partial charge in [-0.05, 0) is 24.6 Å². The zero-order valence-electron chi connectivity index (χ0n) is 11.0. The van der Waals surface area contributed by atoms with E-state index in [4.69, 9.17) is 9.84 Å². The summed E-state index contributed by atoms with van der Waals surface area (Å²) in [4.78, 5) is 11.1. The van der Waals surface area contributed by atoms with Crippen LogP contribution in [0.25, 0.3) is 0 Å². The van der Waals surface area contributed by atoms with Crippen LogP contribution in [0.15, 0.2) is 24.3 Å². The van der Waals surface area contributed by atoms with Crippen molar-refractivity contribution in [2.75, 3.05) is 0 Å². The van der Waals surface area contributed by atoms with Gasteiger partial charge in [-0.25, -0.2) is 9.18 Å². The molecule has 0 saturated carbocycles. The highest BCUT2D eigenvalue weighted by Gasteiger charge is 2.35. The first kappa shape index (κ1) is 15.7. The molecule has 1 heterocycles. The number of carboxylic acids is 1. The summed E-state index contributed by atoms with van der Waals surface area (Å²) in [6, 6.07) is 3.78. The lowest BCUT2D eigenvalue weighted by Gasteiger charge is -2.11. The number of carbonyl (C=O) groups is 1. The standard InChI is InChI=1S/C13H8F4N2O3/c1-6-2-3-7(14)4-9(6)22-11-8(12(20)21)5-10(18-19-11)13(15,16)17/h2-5H,1H3,(H,20,21). The van der Waals surface area contributed by atoms with Crippen molar-refractivity contribution >= 4 is 5.97 Å². The zero-order chi connectivity index (χ0) is 16.5. The molecule has 5 nitrogen and oxygen atoms in total. The third-order valence-electron chi connectivity index (χ3n) is 2.64. The number of hydrogen-bond donors (Lipinski definition) is 1. The minimum atomic E-state index is -4.84. The fraction of sp³-hybridized carbons (Fsp3) is 0.154. The molecule has 1 aromatic heterocycles. The van der Waals surface area contributed by atoms with Gasteiger partial charge in [0.1, 0.15) is 17.1 Å². The number of carboxylic acid groups (broad SMARTS) is 1. The Kier molecular flexibility index (Phi) is 3.98. The van der Waals surface area contributed by atoms with Crippen molar-refractivity contribution in [2.24, 2.45) is 0 Å². The minimum absolute atomic E-state index is 0.0726. The van der Waals surface area contributed by atoms with E-state index in [2.05, 4.69) is 10.2 Å². The predicted molar refractivity (Wildman–Crippen MR) is 65.2 cm³/mol. The van der Waals surface area contributed by atoms with Crippen molar-refractivity contribution < 1.29 is 32.2 Å². The smallest absolute Gasteiger partial charge is 0.435 e. The van der Waals surface area contributed by atoms with Crippen LogP contribution in [0.3, 0.4) is 0 Å². The molecule has 0 fully saturated rings. The SMILES string of the molecule is Cc1ccc(F)cc1Oc1nnc(C(F)(F)F)cc1C(=O)O. The van der Waals surface area contributed by atoms with E-state index in [1.165, 1.54) is 6.07 Å². The summed E-state index contributed by atoms with van der Waals surface area (Å²) in [5, 5.41) is 15.0. The van der Waals surface area contributed by atoms with Crippen LogP contribution < -0.4 is 4.74 Å². The third-order valence-corrected chi connectivity index (χ3v) is 2.64. The molecule has 0 aliphatic heterocycles. The Morgan fingerprint density at radius 2 is 1.91 bits per heavy atom. The molecule has 9 heteroatoms. The molecule has 0 saturated heterocycles. The number of alkyl halides is 3. The summed E-state index contributed by atoms with van der Waals surface area (Å²) in [6.07, 6.45) is -4.84. The molecular formula is C13H8F4N2O3. The second-order valence-corrected chi connectivity index (χ2v) is 4.26. The lowest BCUT2D eigenvalue weighted by molar-refractivity contribution is -0.141. The van der Waals surface area contributed by atoms with Crippen molar-refractivity contribution in [2.45, 2.75) is 13.1 Å². The van der Waals surface area contributed by atoms with Crippen LogP contribution in [-0.4, -0.2) is 21.3 Å². The molecule has 0 aliphatic rings. The molecule has 0 bridgehead atoms. The van der Waals surface area contributed by atoms with Crippen LogP contribution >= 0.6 is 0 Å². The highest BCUT2D eigenvalue weighted by atomic mass is 19.4. The molecule has 0 atom stereocenters. The number of aryl methyl sites for hydroxylation is 1. The number of ether oxygens (including phenoxy) is 1. The van der Waals surface area contributed by atoms with E-state index < -0.39 is 35.1 Å². The number of hydrogen-bond acceptors (Lipinski definition) is 4. The van der Waals surface area contributed by atoms with E-state index in [1.807, 2.05) is 0 Å². The van der Waals surface area contributed by atoms with E-state index in [0.29, 0.717) is 11.6 Å². The zero-order valence-corrected chi connectivity index (χ0v) is 11.0. The summed E-state index contributed by atoms with van der Waals surface area (Å²) >= 11 is 0. The average Bonchev–Trinajstić information content (AvgIpc) is 2.42. The van der Waals surface area contributed by atoms with Gasteiger partial charge in [-0.1, -0.05) is 6.07 Å². The molecule has 0 unspecified atom stereocenters. The third kappa shape index (κ3) is 3.30. The summed E-state index contributed by atoms with van der Waals surface area (Å²) < 4.78 is 55.8. The molecular weight excluding hydrogens is 308 g/mol. The normalized spacial score (nSPS) is 11.3. The molecule has 2 rings (SSSR count). The number of rotatable bonds is 3. The maximum atomic E-state index is 13.1. The molecule has 2 aromatic rings. The first-order chi connectivity index (χ1) is 10.2. The van der Waals surface area contributed by atoms with E-state index >= 15 is 0 Å². The molecule has 0 spiro atoms. The highest BCUT2D eigenvalue weighted by Crippen LogP contribution is 2.31. The van der Waals surface area contributed by atoms with Crippen LogP contribution in [0.2, 0.25) is 0 Å². The predicted octanol–water partition coefficient (Wildman–Crippen LogP) is 3.43. The number of halogens is 4. The first-order valence-corrected chi connectivity index (χ1v) is 5.80. The largest absolute Gasteiger partial charge is 0.477 e. The van der Waals surface area contributed by atoms with Gasteiger partial charge < -0.3 is 9.84 Å². The lowest BCUT2D eigenvalue weighted by atomic mass is 10.2. The lowest BCUT2D eigenvalue weighted by Crippen LogP contribution is -2.13. The molecule has 22 heavy (non-hydrogen) atoms. The molecule has 0 aliphatic carbocycles. The fourth-order valence-electron chi connectivity index (χ4n) is 1.54. The monoisotopic (exact) mass is 316 g/mol. The topological polar surface area (TPSA) is 72.3 Å². The maximum Gasteiger partial charge on any atom is 0.435 e. The van der Waals surface area contributed by atoms with E-state index in [-0.39, 0.29) is 5.75 Å². The van der Waals surface area contributed by atoms with Gasteiger partial charge in [-0.2, -0.15) is 13.2 Å². The van der Waals surface area contributed by atoms with Crippen LogP contribution in [-0.2, 0) is 6.18 Å². The van der Waals surface area contributed by atoms with Crippen molar-refractivity contribution in [3.8, 4) is 11.6 Å². The highest BCUT2D eigenvalue weighted by molar-refractivity contribution is 5.90. The van der Waals surface area contributed by atoms with Gasteiger partial charge >= 0.3 is 12.1 Å². The molecule has 116 valence electrons. The first-order valence-electron chi connectivity index (χ1n) is 5.80. The summed E-state index contributed by atoms with van der Waals surface area (Å²) in [7, 11) is 0. The Labute approximate surface area is 121 Å². The van der Waals surface area contributed by atoms with Crippen LogP contribution in [0.4, 0.5) is 17.6 Å². The molecule has 0 amide bonds. The van der Waals surface area contributed by atoms with Gasteiger partial charge in [0.2, 0.25) is 0 Å². The van der Waals surface area contributed by atoms with E-state index in [9.17, 15) is 22.4 Å². The van der Waals surface area contributed by atoms with Gasteiger partial charge in [-0.15, -0.1) is 10.2 Å². The van der Waals surface area contributed by atoms with E-state index in [0.717, 1.165) is 12.1 Å². The quantitative estimate of drug-likeness (QED) is 0.878. The Hall–Kier alpha value is -2.71. The Morgan fingerprint density at radius 3 is 2.50 bits per heavy atom.